The van der Waals surface area contributed by atoms with Gasteiger partial charge in [0.1, 0.15) is 0 Å². The Kier molecular flexibility index (Phi) is 4.02. The summed E-state index contributed by atoms with van der Waals surface area (Å²) in [6.07, 6.45) is -3.24. The zero-order valence-electron chi connectivity index (χ0n) is 10.8. The molecule has 1 aliphatic carbocycles. The van der Waals surface area contributed by atoms with Crippen LogP contribution < -0.4 is 5.32 Å². The molecule has 1 unspecified atom stereocenters. The third-order valence-corrected chi connectivity index (χ3v) is 3.09. The molecule has 0 aliphatic heterocycles. The number of carboxylic acids is 1. The Balaban J connectivity index is 2.18. The van der Waals surface area contributed by atoms with E-state index in [9.17, 15) is 22.8 Å². The minimum Gasteiger partial charge on any atom is -0.481 e. The smallest absolute Gasteiger partial charge is 0.416 e. The Morgan fingerprint density at radius 2 is 2.00 bits per heavy atom. The van der Waals surface area contributed by atoms with Gasteiger partial charge in [-0.3, -0.25) is 9.59 Å². The van der Waals surface area contributed by atoms with Crippen molar-refractivity contribution in [1.82, 2.24) is 0 Å². The van der Waals surface area contributed by atoms with Gasteiger partial charge in [0.25, 0.3) is 0 Å². The molecule has 2 rings (SSSR count). The summed E-state index contributed by atoms with van der Waals surface area (Å²) in [7, 11) is 0. The third kappa shape index (κ3) is 3.84. The molecule has 0 fully saturated rings. The summed E-state index contributed by atoms with van der Waals surface area (Å²) in [6, 6.07) is 4.51. The first-order valence-corrected chi connectivity index (χ1v) is 6.16. The summed E-state index contributed by atoms with van der Waals surface area (Å²) in [4.78, 5) is 22.4. The van der Waals surface area contributed by atoms with Crippen LogP contribution in [0.4, 0.5) is 18.9 Å². The quantitative estimate of drug-likeness (QED) is 0.900. The molecule has 1 atom stereocenters. The van der Waals surface area contributed by atoms with Crippen molar-refractivity contribution in [2.75, 3.05) is 5.32 Å². The van der Waals surface area contributed by atoms with Gasteiger partial charge in [-0.1, -0.05) is 6.07 Å². The fourth-order valence-corrected chi connectivity index (χ4v) is 2.11. The van der Waals surface area contributed by atoms with E-state index in [1.54, 1.807) is 0 Å². The van der Waals surface area contributed by atoms with Crippen molar-refractivity contribution in [3.05, 3.63) is 41.6 Å². The maximum Gasteiger partial charge on any atom is 0.416 e. The number of allylic oxidation sites excluding steroid dienone is 2. The molecule has 7 heteroatoms. The van der Waals surface area contributed by atoms with Crippen molar-refractivity contribution < 1.29 is 27.9 Å². The Morgan fingerprint density at radius 3 is 2.62 bits per heavy atom. The second-order valence-corrected chi connectivity index (χ2v) is 4.78. The lowest BCUT2D eigenvalue weighted by Crippen LogP contribution is -2.24. The summed E-state index contributed by atoms with van der Waals surface area (Å²) in [5.41, 5.74) is -0.349. The Labute approximate surface area is 118 Å². The number of hydrogen-bond acceptors (Lipinski definition) is 3. The van der Waals surface area contributed by atoms with E-state index in [1.165, 1.54) is 18.2 Å². The van der Waals surface area contributed by atoms with Gasteiger partial charge in [-0.15, -0.1) is 0 Å². The highest BCUT2D eigenvalue weighted by molar-refractivity contribution is 5.95. The number of aliphatic carboxylic acids is 1. The van der Waals surface area contributed by atoms with Gasteiger partial charge < -0.3 is 10.4 Å². The molecule has 1 aromatic rings. The van der Waals surface area contributed by atoms with Crippen LogP contribution in [0.1, 0.15) is 18.4 Å². The molecule has 4 nitrogen and oxygen atoms in total. The first-order valence-electron chi connectivity index (χ1n) is 6.16. The summed E-state index contributed by atoms with van der Waals surface area (Å²) >= 11 is 0. The van der Waals surface area contributed by atoms with Crippen LogP contribution >= 0.6 is 0 Å². The maximum atomic E-state index is 12.6. The summed E-state index contributed by atoms with van der Waals surface area (Å²) in [5.74, 6) is -2.31. The third-order valence-electron chi connectivity index (χ3n) is 3.09. The number of alkyl halides is 3. The molecule has 0 saturated heterocycles. The van der Waals surface area contributed by atoms with Crippen molar-refractivity contribution in [3.8, 4) is 0 Å². The lowest BCUT2D eigenvalue weighted by Gasteiger charge is -2.20. The second kappa shape index (κ2) is 5.59. The molecule has 0 amide bonds. The van der Waals surface area contributed by atoms with Gasteiger partial charge in [-0.2, -0.15) is 13.2 Å². The van der Waals surface area contributed by atoms with Crippen molar-refractivity contribution >= 4 is 17.4 Å². The zero-order chi connectivity index (χ0) is 15.6. The molecular weight excluding hydrogens is 287 g/mol. The highest BCUT2D eigenvalue weighted by atomic mass is 19.4. The Bertz CT molecular complexity index is 608. The van der Waals surface area contributed by atoms with Crippen LogP contribution in [0.5, 0.6) is 0 Å². The fourth-order valence-electron chi connectivity index (χ4n) is 2.11. The standard InChI is InChI=1S/C14H12F3NO3/c15-14(16,17)9-2-1-3-10(6-9)18-11-4-8(13(20)21)5-12(19)7-11/h1-3,6-8,18H,4-5H2,(H,20,21). The van der Waals surface area contributed by atoms with E-state index in [0.717, 1.165) is 12.1 Å². The van der Waals surface area contributed by atoms with Crippen molar-refractivity contribution in [3.63, 3.8) is 0 Å². The van der Waals surface area contributed by atoms with Gasteiger partial charge in [-0.25, -0.2) is 0 Å². The van der Waals surface area contributed by atoms with Crippen LogP contribution in [0.2, 0.25) is 0 Å². The molecule has 0 bridgehead atoms. The predicted molar refractivity (Wildman–Crippen MR) is 68.5 cm³/mol. The normalized spacial score (nSPS) is 19.1. The number of hydrogen-bond donors (Lipinski definition) is 2. The van der Waals surface area contributed by atoms with Crippen LogP contribution in [-0.2, 0) is 15.8 Å². The predicted octanol–water partition coefficient (Wildman–Crippen LogP) is 3.06. The highest BCUT2D eigenvalue weighted by Gasteiger charge is 2.31. The number of benzene rings is 1. The number of carbonyl (C=O) groups is 2. The van der Waals surface area contributed by atoms with E-state index >= 15 is 0 Å². The SMILES string of the molecule is O=C1C=C(Nc2cccc(C(F)(F)F)c2)CC(C(=O)O)C1. The minimum absolute atomic E-state index is 0.0807. The molecule has 2 N–H and O–H groups in total. The fraction of sp³-hybridized carbons (Fsp3) is 0.286. The van der Waals surface area contributed by atoms with Gasteiger partial charge in [-0.05, 0) is 18.2 Å². The molecule has 0 spiro atoms. The zero-order valence-corrected chi connectivity index (χ0v) is 10.8. The number of halogens is 3. The second-order valence-electron chi connectivity index (χ2n) is 4.78. The van der Waals surface area contributed by atoms with Crippen molar-refractivity contribution in [2.45, 2.75) is 19.0 Å². The van der Waals surface area contributed by atoms with Gasteiger partial charge >= 0.3 is 12.1 Å². The van der Waals surface area contributed by atoms with Gasteiger partial charge in [0, 0.05) is 30.3 Å². The number of carboxylic acid groups (broad SMARTS) is 1. The van der Waals surface area contributed by atoms with Crippen molar-refractivity contribution in [2.24, 2.45) is 5.92 Å². The lowest BCUT2D eigenvalue weighted by atomic mass is 9.91. The number of ketones is 1. The lowest BCUT2D eigenvalue weighted by molar-refractivity contribution is -0.143. The molecule has 0 heterocycles. The molecule has 0 saturated carbocycles. The molecule has 112 valence electrons. The van der Waals surface area contributed by atoms with Crippen LogP contribution in [0.15, 0.2) is 36.0 Å². The summed E-state index contributed by atoms with van der Waals surface area (Å²) in [5, 5.41) is 11.6. The molecule has 1 aromatic carbocycles. The van der Waals surface area contributed by atoms with E-state index in [-0.39, 0.29) is 24.3 Å². The average Bonchev–Trinajstić information content (AvgIpc) is 2.37. The highest BCUT2D eigenvalue weighted by Crippen LogP contribution is 2.31. The number of carbonyl (C=O) groups excluding carboxylic acids is 1. The van der Waals surface area contributed by atoms with E-state index in [0.29, 0.717) is 5.70 Å². The van der Waals surface area contributed by atoms with Crippen LogP contribution in [-0.4, -0.2) is 16.9 Å². The largest absolute Gasteiger partial charge is 0.481 e. The van der Waals surface area contributed by atoms with Gasteiger partial charge in [0.2, 0.25) is 0 Å². The topological polar surface area (TPSA) is 66.4 Å². The minimum atomic E-state index is -4.46. The van der Waals surface area contributed by atoms with Gasteiger partial charge in [0.15, 0.2) is 5.78 Å². The summed E-state index contributed by atoms with van der Waals surface area (Å²) in [6.45, 7) is 0. The monoisotopic (exact) mass is 299 g/mol. The first kappa shape index (κ1) is 15.1. The van der Waals surface area contributed by atoms with Crippen molar-refractivity contribution in [1.29, 1.82) is 0 Å². The van der Waals surface area contributed by atoms with Crippen LogP contribution in [0.3, 0.4) is 0 Å². The number of rotatable bonds is 3. The van der Waals surface area contributed by atoms with Gasteiger partial charge in [0.05, 0.1) is 11.5 Å². The number of nitrogens with one attached hydrogen (secondary N) is 1. The van der Waals surface area contributed by atoms with Crippen LogP contribution in [0.25, 0.3) is 0 Å². The molecular formula is C14H12F3NO3. The number of anilines is 1. The van der Waals surface area contributed by atoms with E-state index in [4.69, 9.17) is 5.11 Å². The maximum absolute atomic E-state index is 12.6. The molecule has 0 radical (unpaired) electrons. The molecule has 21 heavy (non-hydrogen) atoms. The first-order chi connectivity index (χ1) is 9.75. The van der Waals surface area contributed by atoms with E-state index < -0.39 is 23.6 Å². The van der Waals surface area contributed by atoms with E-state index in [2.05, 4.69) is 5.32 Å². The molecule has 0 aromatic heterocycles. The van der Waals surface area contributed by atoms with Crippen LogP contribution in [0, 0.1) is 5.92 Å². The average molecular weight is 299 g/mol. The molecule has 1 aliphatic rings. The Morgan fingerprint density at radius 1 is 1.29 bits per heavy atom. The Hall–Kier alpha value is -2.31. The van der Waals surface area contributed by atoms with E-state index in [1.807, 2.05) is 0 Å². The summed E-state index contributed by atoms with van der Waals surface area (Å²) < 4.78 is 37.8.